The quantitative estimate of drug-likeness (QED) is 0.623. The van der Waals surface area contributed by atoms with Gasteiger partial charge in [0.1, 0.15) is 11.6 Å². The fourth-order valence-corrected chi connectivity index (χ4v) is 3.11. The number of nitrogens with one attached hydrogen (secondary N) is 1. The lowest BCUT2D eigenvalue weighted by molar-refractivity contribution is -0.120. The van der Waals surface area contributed by atoms with Crippen molar-refractivity contribution in [3.05, 3.63) is 77.4 Å². The van der Waals surface area contributed by atoms with Crippen molar-refractivity contribution in [2.24, 2.45) is 0 Å². The van der Waals surface area contributed by atoms with Crippen molar-refractivity contribution in [1.29, 1.82) is 0 Å². The highest BCUT2D eigenvalue weighted by atomic mass is 16.5. The number of hydrogen-bond donors (Lipinski definition) is 2. The van der Waals surface area contributed by atoms with Crippen LogP contribution in [0.5, 0.6) is 5.75 Å². The van der Waals surface area contributed by atoms with E-state index in [4.69, 9.17) is 4.74 Å². The second-order valence-electron chi connectivity index (χ2n) is 7.56. The molecule has 30 heavy (non-hydrogen) atoms. The van der Waals surface area contributed by atoms with Crippen LogP contribution in [-0.4, -0.2) is 29.1 Å². The van der Waals surface area contributed by atoms with Crippen LogP contribution in [0, 0.1) is 6.92 Å². The molecule has 0 aliphatic rings. The Labute approximate surface area is 175 Å². The smallest absolute Gasteiger partial charge is 0.335 e. The number of aromatic carboxylic acids is 1. The van der Waals surface area contributed by atoms with Crippen LogP contribution in [0.4, 0.5) is 5.82 Å². The van der Waals surface area contributed by atoms with Gasteiger partial charge in [0.15, 0.2) is 0 Å². The Morgan fingerprint density at radius 3 is 2.47 bits per heavy atom. The van der Waals surface area contributed by atoms with Crippen LogP contribution in [0.15, 0.2) is 60.7 Å². The lowest BCUT2D eigenvalue weighted by Gasteiger charge is -2.24. The van der Waals surface area contributed by atoms with E-state index >= 15 is 0 Å². The van der Waals surface area contributed by atoms with E-state index in [1.807, 2.05) is 51.1 Å². The van der Waals surface area contributed by atoms with Crippen molar-refractivity contribution in [1.82, 2.24) is 4.98 Å². The SMILES string of the molecule is COc1cccc(C(C)(C)C(=O)Nc2ccc(C)c(-c3cccc(C(=O)O)c3)n2)c1. The summed E-state index contributed by atoms with van der Waals surface area (Å²) in [6.45, 7) is 5.56. The molecule has 0 saturated heterocycles. The van der Waals surface area contributed by atoms with E-state index in [-0.39, 0.29) is 11.5 Å². The number of rotatable bonds is 6. The molecule has 0 saturated carbocycles. The van der Waals surface area contributed by atoms with Crippen LogP contribution in [0.25, 0.3) is 11.3 Å². The molecule has 0 radical (unpaired) electrons. The summed E-state index contributed by atoms with van der Waals surface area (Å²) in [6, 6.07) is 17.6. The number of carboxylic acids is 1. The number of benzene rings is 2. The van der Waals surface area contributed by atoms with E-state index in [9.17, 15) is 14.7 Å². The molecular weight excluding hydrogens is 380 g/mol. The van der Waals surface area contributed by atoms with Crippen molar-refractivity contribution < 1.29 is 19.4 Å². The number of hydrogen-bond acceptors (Lipinski definition) is 4. The van der Waals surface area contributed by atoms with Gasteiger partial charge in [-0.25, -0.2) is 9.78 Å². The van der Waals surface area contributed by atoms with Gasteiger partial charge >= 0.3 is 5.97 Å². The second kappa shape index (κ2) is 8.37. The number of carbonyl (C=O) groups is 2. The van der Waals surface area contributed by atoms with Gasteiger partial charge in [-0.05, 0) is 62.2 Å². The average molecular weight is 404 g/mol. The van der Waals surface area contributed by atoms with Gasteiger partial charge in [-0.15, -0.1) is 0 Å². The Morgan fingerprint density at radius 1 is 1.03 bits per heavy atom. The predicted molar refractivity (Wildman–Crippen MR) is 116 cm³/mol. The zero-order valence-electron chi connectivity index (χ0n) is 17.4. The second-order valence-corrected chi connectivity index (χ2v) is 7.56. The van der Waals surface area contributed by atoms with Crippen molar-refractivity contribution in [2.75, 3.05) is 12.4 Å². The minimum absolute atomic E-state index is 0.183. The molecule has 1 amide bonds. The molecule has 0 aliphatic carbocycles. The van der Waals surface area contributed by atoms with Crippen molar-refractivity contribution in [2.45, 2.75) is 26.2 Å². The summed E-state index contributed by atoms with van der Waals surface area (Å²) in [4.78, 5) is 28.9. The van der Waals surface area contributed by atoms with Crippen LogP contribution in [0.1, 0.15) is 35.3 Å². The van der Waals surface area contributed by atoms with Crippen molar-refractivity contribution >= 4 is 17.7 Å². The number of methoxy groups -OCH3 is 1. The molecule has 0 bridgehead atoms. The molecule has 0 aliphatic heterocycles. The zero-order chi connectivity index (χ0) is 21.9. The fraction of sp³-hybridized carbons (Fsp3) is 0.208. The highest BCUT2D eigenvalue weighted by molar-refractivity contribution is 5.98. The molecule has 154 valence electrons. The molecule has 3 rings (SSSR count). The minimum Gasteiger partial charge on any atom is -0.497 e. The summed E-state index contributed by atoms with van der Waals surface area (Å²) in [5.74, 6) is -0.129. The van der Waals surface area contributed by atoms with Crippen LogP contribution in [0.3, 0.4) is 0 Å². The summed E-state index contributed by atoms with van der Waals surface area (Å²) >= 11 is 0. The molecule has 0 atom stereocenters. The normalized spacial score (nSPS) is 11.1. The molecule has 2 N–H and O–H groups in total. The van der Waals surface area contributed by atoms with Gasteiger partial charge in [0.2, 0.25) is 5.91 Å². The highest BCUT2D eigenvalue weighted by Crippen LogP contribution is 2.29. The molecule has 6 heteroatoms. The molecule has 6 nitrogen and oxygen atoms in total. The summed E-state index contributed by atoms with van der Waals surface area (Å²) in [5, 5.41) is 12.1. The van der Waals surface area contributed by atoms with Crippen molar-refractivity contribution in [3.8, 4) is 17.0 Å². The van der Waals surface area contributed by atoms with Crippen LogP contribution in [0.2, 0.25) is 0 Å². The molecule has 0 fully saturated rings. The lowest BCUT2D eigenvalue weighted by atomic mass is 9.83. The molecule has 1 heterocycles. The number of amides is 1. The summed E-state index contributed by atoms with van der Waals surface area (Å²) in [5.41, 5.74) is 2.36. The maximum absolute atomic E-state index is 13.0. The standard InChI is InChI=1S/C24H24N2O4/c1-15-11-12-20(25-21(15)16-7-5-8-17(13-16)22(27)28)26-23(29)24(2,3)18-9-6-10-19(14-18)30-4/h5-14H,1-4H3,(H,27,28)(H,25,26,29). The molecule has 1 aromatic heterocycles. The first-order valence-electron chi connectivity index (χ1n) is 9.49. The monoisotopic (exact) mass is 404 g/mol. The highest BCUT2D eigenvalue weighted by Gasteiger charge is 2.30. The van der Waals surface area contributed by atoms with Crippen LogP contribution >= 0.6 is 0 Å². The molecule has 0 spiro atoms. The maximum Gasteiger partial charge on any atom is 0.335 e. The zero-order valence-corrected chi connectivity index (χ0v) is 17.4. The topological polar surface area (TPSA) is 88.5 Å². The third kappa shape index (κ3) is 4.33. The minimum atomic E-state index is -1.00. The van der Waals surface area contributed by atoms with E-state index in [0.717, 1.165) is 11.1 Å². The first-order chi connectivity index (χ1) is 14.2. The van der Waals surface area contributed by atoms with E-state index in [2.05, 4.69) is 10.3 Å². The first kappa shape index (κ1) is 21.0. The average Bonchev–Trinajstić information content (AvgIpc) is 2.75. The van der Waals surface area contributed by atoms with E-state index in [1.165, 1.54) is 6.07 Å². The van der Waals surface area contributed by atoms with E-state index < -0.39 is 11.4 Å². The third-order valence-corrected chi connectivity index (χ3v) is 5.08. The number of ether oxygens (including phenoxy) is 1. The van der Waals surface area contributed by atoms with Gasteiger partial charge in [0.25, 0.3) is 0 Å². The van der Waals surface area contributed by atoms with Crippen LogP contribution in [-0.2, 0) is 10.2 Å². The number of pyridine rings is 1. The van der Waals surface area contributed by atoms with Gasteiger partial charge in [-0.3, -0.25) is 4.79 Å². The van der Waals surface area contributed by atoms with Gasteiger partial charge in [-0.1, -0.05) is 30.3 Å². The molecule has 2 aromatic carbocycles. The third-order valence-electron chi connectivity index (χ3n) is 5.08. The number of aryl methyl sites for hydroxylation is 1. The largest absolute Gasteiger partial charge is 0.497 e. The number of anilines is 1. The Kier molecular flexibility index (Phi) is 5.87. The van der Waals surface area contributed by atoms with E-state index in [0.29, 0.717) is 22.8 Å². The van der Waals surface area contributed by atoms with Gasteiger partial charge in [0.05, 0.1) is 23.8 Å². The first-order valence-corrected chi connectivity index (χ1v) is 9.49. The molecular formula is C24H24N2O4. The van der Waals surface area contributed by atoms with Crippen molar-refractivity contribution in [3.63, 3.8) is 0 Å². The molecule has 3 aromatic rings. The summed E-state index contributed by atoms with van der Waals surface area (Å²) in [7, 11) is 1.59. The Bertz CT molecular complexity index is 1110. The number of carboxylic acid groups (broad SMARTS) is 1. The molecule has 0 unspecified atom stereocenters. The van der Waals surface area contributed by atoms with Crippen LogP contribution < -0.4 is 10.1 Å². The van der Waals surface area contributed by atoms with Gasteiger partial charge in [-0.2, -0.15) is 0 Å². The number of nitrogens with zero attached hydrogens (tertiary/aromatic N) is 1. The lowest BCUT2D eigenvalue weighted by Crippen LogP contribution is -2.35. The Morgan fingerprint density at radius 2 is 1.77 bits per heavy atom. The van der Waals surface area contributed by atoms with Gasteiger partial charge in [0, 0.05) is 5.56 Å². The van der Waals surface area contributed by atoms with Gasteiger partial charge < -0.3 is 15.2 Å². The Hall–Kier alpha value is -3.67. The predicted octanol–water partition coefficient (Wildman–Crippen LogP) is 4.68. The summed E-state index contributed by atoms with van der Waals surface area (Å²) in [6.07, 6.45) is 0. The Balaban J connectivity index is 1.90. The fourth-order valence-electron chi connectivity index (χ4n) is 3.11. The maximum atomic E-state index is 13.0. The van der Waals surface area contributed by atoms with E-state index in [1.54, 1.807) is 31.4 Å². The summed E-state index contributed by atoms with van der Waals surface area (Å²) < 4.78 is 5.27. The number of aromatic nitrogens is 1. The number of carbonyl (C=O) groups excluding carboxylic acids is 1.